The molecule has 0 aliphatic carbocycles. The second-order valence-electron chi connectivity index (χ2n) is 6.49. The highest BCUT2D eigenvalue weighted by Gasteiger charge is 2.21. The molecule has 0 bridgehead atoms. The number of benzene rings is 2. The summed E-state index contributed by atoms with van der Waals surface area (Å²) in [5.41, 5.74) is 8.24. The van der Waals surface area contributed by atoms with Crippen LogP contribution in [0.1, 0.15) is 5.56 Å². The predicted molar refractivity (Wildman–Crippen MR) is 108 cm³/mol. The number of aryl methyl sites for hydroxylation is 1. The molecule has 4 N–H and O–H groups in total. The molecule has 0 saturated carbocycles. The Morgan fingerprint density at radius 2 is 2.03 bits per heavy atom. The van der Waals surface area contributed by atoms with Gasteiger partial charge in [-0.1, -0.05) is 18.2 Å². The summed E-state index contributed by atoms with van der Waals surface area (Å²) in [5, 5.41) is 14.2. The van der Waals surface area contributed by atoms with Gasteiger partial charge in [0.1, 0.15) is 28.2 Å². The molecular weight excluding hydrogens is 376 g/mol. The fraction of sp³-hybridized carbons (Fsp3) is 0.150. The summed E-state index contributed by atoms with van der Waals surface area (Å²) < 4.78 is 12.2. The number of ether oxygens (including phenoxy) is 2. The Morgan fingerprint density at radius 1 is 1.28 bits per heavy atom. The van der Waals surface area contributed by atoms with Crippen LogP contribution in [0.5, 0.6) is 11.5 Å². The third-order valence-electron chi connectivity index (χ3n) is 4.64. The van der Waals surface area contributed by atoms with Gasteiger partial charge in [0.2, 0.25) is 0 Å². The van der Waals surface area contributed by atoms with Gasteiger partial charge in [0.15, 0.2) is 6.61 Å². The van der Waals surface area contributed by atoms with Gasteiger partial charge in [0.25, 0.3) is 5.56 Å². The Kier molecular flexibility index (Phi) is 4.34. The van der Waals surface area contributed by atoms with Crippen molar-refractivity contribution >= 4 is 33.6 Å². The number of para-hydroxylation sites is 1. The van der Waals surface area contributed by atoms with E-state index in [-0.39, 0.29) is 17.0 Å². The van der Waals surface area contributed by atoms with Crippen LogP contribution in [0.25, 0.3) is 27.5 Å². The molecule has 29 heavy (non-hydrogen) atoms. The van der Waals surface area contributed by atoms with Crippen LogP contribution in [0.15, 0.2) is 41.2 Å². The number of aromatic amines is 1. The summed E-state index contributed by atoms with van der Waals surface area (Å²) in [5.74, 6) is -0.333. The van der Waals surface area contributed by atoms with Crippen LogP contribution in [0, 0.1) is 6.92 Å². The van der Waals surface area contributed by atoms with Gasteiger partial charge in [0.05, 0.1) is 23.7 Å². The topological polar surface area (TPSA) is 132 Å². The van der Waals surface area contributed by atoms with Gasteiger partial charge in [-0.05, 0) is 18.6 Å². The molecule has 0 aliphatic rings. The monoisotopic (exact) mass is 394 g/mol. The van der Waals surface area contributed by atoms with Gasteiger partial charge in [0, 0.05) is 12.1 Å². The summed E-state index contributed by atoms with van der Waals surface area (Å²) in [4.78, 5) is 26.5. The van der Waals surface area contributed by atoms with Crippen LogP contribution in [0.3, 0.4) is 0 Å². The highest BCUT2D eigenvalue weighted by atomic mass is 16.5. The van der Waals surface area contributed by atoms with E-state index in [0.29, 0.717) is 22.2 Å². The largest absolute Gasteiger partial charge is 0.497 e. The number of carboxylic acid groups (broad SMARTS) is 1. The molecule has 0 radical (unpaired) electrons. The summed E-state index contributed by atoms with van der Waals surface area (Å²) >= 11 is 0. The van der Waals surface area contributed by atoms with Crippen LogP contribution in [0.4, 0.5) is 5.82 Å². The van der Waals surface area contributed by atoms with Gasteiger partial charge in [-0.15, -0.1) is 0 Å². The fourth-order valence-corrected chi connectivity index (χ4v) is 3.30. The Morgan fingerprint density at radius 3 is 2.72 bits per heavy atom. The maximum Gasteiger partial charge on any atom is 0.341 e. The van der Waals surface area contributed by atoms with Crippen molar-refractivity contribution in [2.75, 3.05) is 19.5 Å². The molecule has 0 amide bonds. The number of hydrogen-bond donors (Lipinski definition) is 3. The average molecular weight is 394 g/mol. The van der Waals surface area contributed by atoms with Crippen molar-refractivity contribution in [1.29, 1.82) is 0 Å². The van der Waals surface area contributed by atoms with Crippen molar-refractivity contribution in [3.05, 3.63) is 52.3 Å². The zero-order valence-corrected chi connectivity index (χ0v) is 15.7. The van der Waals surface area contributed by atoms with Crippen molar-refractivity contribution in [2.45, 2.75) is 6.92 Å². The van der Waals surface area contributed by atoms with Crippen LogP contribution >= 0.6 is 0 Å². The van der Waals surface area contributed by atoms with Gasteiger partial charge in [-0.3, -0.25) is 4.79 Å². The van der Waals surface area contributed by atoms with Crippen molar-refractivity contribution in [2.24, 2.45) is 0 Å². The van der Waals surface area contributed by atoms with Crippen molar-refractivity contribution in [3.63, 3.8) is 0 Å². The highest BCUT2D eigenvalue weighted by Crippen LogP contribution is 2.36. The van der Waals surface area contributed by atoms with Crippen LogP contribution in [-0.2, 0) is 4.79 Å². The molecule has 4 aromatic rings. The van der Waals surface area contributed by atoms with E-state index in [9.17, 15) is 9.59 Å². The Bertz CT molecular complexity index is 1320. The number of carboxylic acids is 1. The Balaban J connectivity index is 2.09. The summed E-state index contributed by atoms with van der Waals surface area (Å²) in [6.45, 7) is 1.35. The number of nitrogens with two attached hydrogens (primary N) is 1. The number of methoxy groups -OCH3 is 1. The van der Waals surface area contributed by atoms with E-state index in [1.807, 2.05) is 31.2 Å². The van der Waals surface area contributed by atoms with Crippen molar-refractivity contribution < 1.29 is 19.4 Å². The Hall–Kier alpha value is -4.01. The van der Waals surface area contributed by atoms with Gasteiger partial charge >= 0.3 is 5.97 Å². The quantitative estimate of drug-likeness (QED) is 0.473. The molecule has 2 aromatic heterocycles. The number of nitrogens with zero attached hydrogens (tertiary/aromatic N) is 2. The standard InChI is InChI=1S/C20H18N4O5/c1-10-5-3-4-6-13(10)24-19(21)17-18(23-24)16-12(22-20(17)27)7-11(28-2)8-14(16)29-9-15(25)26/h3-8H,9,21H2,1-2H3,(H,22,27)(H,25,26). The van der Waals surface area contributed by atoms with Crippen LogP contribution < -0.4 is 20.8 Å². The lowest BCUT2D eigenvalue weighted by Gasteiger charge is -2.10. The lowest BCUT2D eigenvalue weighted by atomic mass is 10.1. The lowest BCUT2D eigenvalue weighted by Crippen LogP contribution is -2.11. The second-order valence-corrected chi connectivity index (χ2v) is 6.49. The van der Waals surface area contributed by atoms with E-state index in [1.165, 1.54) is 11.8 Å². The third kappa shape index (κ3) is 3.02. The van der Waals surface area contributed by atoms with E-state index in [1.54, 1.807) is 12.1 Å². The van der Waals surface area contributed by atoms with Crippen molar-refractivity contribution in [1.82, 2.24) is 14.8 Å². The molecule has 0 atom stereocenters. The third-order valence-corrected chi connectivity index (χ3v) is 4.64. The summed E-state index contributed by atoms with van der Waals surface area (Å²) in [6, 6.07) is 10.7. The number of aromatic nitrogens is 3. The van der Waals surface area contributed by atoms with Crippen LogP contribution in [0.2, 0.25) is 0 Å². The number of aliphatic carboxylic acids is 1. The number of anilines is 1. The molecule has 0 spiro atoms. The Labute approximate surface area is 164 Å². The number of hydrogen-bond acceptors (Lipinski definition) is 6. The average Bonchev–Trinajstić information content (AvgIpc) is 3.03. The zero-order valence-electron chi connectivity index (χ0n) is 15.7. The number of H-pyrrole nitrogens is 1. The number of pyridine rings is 1. The minimum Gasteiger partial charge on any atom is -0.497 e. The predicted octanol–water partition coefficient (Wildman–Crippen LogP) is 2.23. The van der Waals surface area contributed by atoms with Gasteiger partial charge in [-0.25, -0.2) is 9.48 Å². The summed E-state index contributed by atoms with van der Waals surface area (Å²) in [6.07, 6.45) is 0. The number of fused-ring (bicyclic) bond motifs is 3. The molecule has 0 aliphatic heterocycles. The minimum absolute atomic E-state index is 0.178. The minimum atomic E-state index is -1.13. The van der Waals surface area contributed by atoms with E-state index in [2.05, 4.69) is 10.1 Å². The molecule has 0 fully saturated rings. The number of rotatable bonds is 5. The first kappa shape index (κ1) is 18.4. The second kappa shape index (κ2) is 6.86. The SMILES string of the molecule is COc1cc(OCC(=O)O)c2c(c1)[nH]c(=O)c1c(N)n(-c3ccccc3C)nc12. The molecular formula is C20H18N4O5. The number of nitrogens with one attached hydrogen (secondary N) is 1. The maximum atomic E-state index is 12.8. The molecule has 148 valence electrons. The van der Waals surface area contributed by atoms with Gasteiger partial charge in [-0.2, -0.15) is 5.10 Å². The number of carbonyl (C=O) groups is 1. The molecule has 0 saturated heterocycles. The van der Waals surface area contributed by atoms with E-state index in [0.717, 1.165) is 11.3 Å². The maximum absolute atomic E-state index is 12.8. The fourth-order valence-electron chi connectivity index (χ4n) is 3.30. The normalized spacial score (nSPS) is 11.1. The molecule has 0 unspecified atom stereocenters. The van der Waals surface area contributed by atoms with E-state index < -0.39 is 18.1 Å². The smallest absolute Gasteiger partial charge is 0.341 e. The first-order valence-corrected chi connectivity index (χ1v) is 8.73. The van der Waals surface area contributed by atoms with E-state index >= 15 is 0 Å². The number of nitrogen functional groups attached to an aromatic ring is 1. The highest BCUT2D eigenvalue weighted by molar-refractivity contribution is 6.10. The first-order valence-electron chi connectivity index (χ1n) is 8.73. The van der Waals surface area contributed by atoms with Gasteiger partial charge < -0.3 is 25.3 Å². The molecule has 9 nitrogen and oxygen atoms in total. The van der Waals surface area contributed by atoms with E-state index in [4.69, 9.17) is 20.3 Å². The molecule has 2 heterocycles. The summed E-state index contributed by atoms with van der Waals surface area (Å²) in [7, 11) is 1.46. The van der Waals surface area contributed by atoms with Crippen molar-refractivity contribution in [3.8, 4) is 17.2 Å². The zero-order chi connectivity index (χ0) is 20.7. The molecule has 4 rings (SSSR count). The van der Waals surface area contributed by atoms with Crippen LogP contribution in [-0.4, -0.2) is 39.6 Å². The molecule has 2 aromatic carbocycles. The first-order chi connectivity index (χ1) is 13.9. The lowest BCUT2D eigenvalue weighted by molar-refractivity contribution is -0.139. The molecule has 9 heteroatoms.